The van der Waals surface area contributed by atoms with Crippen LogP contribution in [0.3, 0.4) is 0 Å². The monoisotopic (exact) mass is 819 g/mol. The van der Waals surface area contributed by atoms with E-state index in [1.54, 1.807) is 30.4 Å². The molecule has 7 nitrogen and oxygen atoms in total. The van der Waals surface area contributed by atoms with Crippen LogP contribution in [-0.2, 0) is 30.5 Å². The van der Waals surface area contributed by atoms with Crippen molar-refractivity contribution in [3.8, 4) is 23.1 Å². The van der Waals surface area contributed by atoms with Crippen LogP contribution in [0.4, 0.5) is 13.2 Å². The minimum Gasteiger partial charge on any atom is -0.493 e. The van der Waals surface area contributed by atoms with Crippen molar-refractivity contribution in [3.63, 3.8) is 0 Å². The van der Waals surface area contributed by atoms with E-state index >= 15 is 0 Å². The topological polar surface area (TPSA) is 64.1 Å². The molecule has 4 aromatic carbocycles. The van der Waals surface area contributed by atoms with Crippen LogP contribution in [0.15, 0.2) is 114 Å². The number of hydrogen-bond acceptors (Lipinski definition) is 6. The maximum Gasteiger partial charge on any atom is 0.416 e. The maximum atomic E-state index is 13.0. The highest BCUT2D eigenvalue weighted by Crippen LogP contribution is 2.34. The first-order valence-electron chi connectivity index (χ1n) is 17.4. The molecule has 1 aliphatic rings. The minimum absolute atomic E-state index is 0.0525. The number of benzene rings is 4. The number of nitrogens with zero attached hydrogens (tertiary/aromatic N) is 3. The van der Waals surface area contributed by atoms with E-state index in [-0.39, 0.29) is 18.4 Å². The van der Waals surface area contributed by atoms with Crippen LogP contribution in [0.2, 0.25) is 5.02 Å². The van der Waals surface area contributed by atoms with Gasteiger partial charge in [0, 0.05) is 55.8 Å². The molecule has 0 saturated carbocycles. The Morgan fingerprint density at radius 1 is 0.852 bits per heavy atom. The molecule has 280 valence electrons. The Kier molecular flexibility index (Phi) is 13.0. The molecule has 0 bridgehead atoms. The number of aryl methyl sites for hydroxylation is 1. The highest BCUT2D eigenvalue weighted by Gasteiger charge is 2.30. The third-order valence-electron chi connectivity index (χ3n) is 8.86. The van der Waals surface area contributed by atoms with Crippen molar-refractivity contribution in [1.29, 1.82) is 0 Å². The normalized spacial score (nSPS) is 13.6. The predicted octanol–water partition coefficient (Wildman–Crippen LogP) is 10.2. The summed E-state index contributed by atoms with van der Waals surface area (Å²) in [5, 5.41) is 0.363. The Hall–Kier alpha value is -4.84. The summed E-state index contributed by atoms with van der Waals surface area (Å²) in [4.78, 5) is 21.5. The Labute approximate surface area is 326 Å². The van der Waals surface area contributed by atoms with Crippen molar-refractivity contribution in [2.45, 2.75) is 32.7 Å². The molecule has 0 spiro atoms. The number of carbonyl (C=O) groups excluding carboxylic acids is 1. The molecule has 2 heterocycles. The zero-order chi connectivity index (χ0) is 38.1. The first kappa shape index (κ1) is 38.9. The lowest BCUT2D eigenvalue weighted by molar-refractivity contribution is -0.137. The lowest BCUT2D eigenvalue weighted by atomic mass is 10.1. The van der Waals surface area contributed by atoms with Gasteiger partial charge < -0.3 is 19.1 Å². The predicted molar refractivity (Wildman–Crippen MR) is 207 cm³/mol. The number of rotatable bonds is 13. The van der Waals surface area contributed by atoms with Crippen LogP contribution in [0.5, 0.6) is 23.1 Å². The largest absolute Gasteiger partial charge is 0.493 e. The maximum absolute atomic E-state index is 13.0. The molecule has 0 unspecified atom stereocenters. The zero-order valence-electron chi connectivity index (χ0n) is 29.5. The van der Waals surface area contributed by atoms with Crippen LogP contribution in [-0.4, -0.2) is 53.5 Å². The van der Waals surface area contributed by atoms with Crippen LogP contribution in [0.25, 0.3) is 6.08 Å². The van der Waals surface area contributed by atoms with Crippen LogP contribution >= 0.6 is 27.5 Å². The molecule has 0 N–H and O–H groups in total. The van der Waals surface area contributed by atoms with Crippen LogP contribution < -0.4 is 14.2 Å². The van der Waals surface area contributed by atoms with E-state index in [9.17, 15) is 18.0 Å². The molecule has 0 atom stereocenters. The first-order valence-corrected chi connectivity index (χ1v) is 18.5. The van der Waals surface area contributed by atoms with Gasteiger partial charge in [0.15, 0.2) is 5.75 Å². The Balaban J connectivity index is 0.929. The highest BCUT2D eigenvalue weighted by molar-refractivity contribution is 9.10. The van der Waals surface area contributed by atoms with Gasteiger partial charge in [-0.15, -0.1) is 0 Å². The fraction of sp³-hybridized carbons (Fsp3) is 0.238. The van der Waals surface area contributed by atoms with Gasteiger partial charge in [0.25, 0.3) is 0 Å². The molecule has 1 amide bonds. The van der Waals surface area contributed by atoms with Crippen molar-refractivity contribution in [3.05, 3.63) is 152 Å². The van der Waals surface area contributed by atoms with Gasteiger partial charge in [-0.1, -0.05) is 63.9 Å². The fourth-order valence-electron chi connectivity index (χ4n) is 5.84. The molecule has 6 rings (SSSR count). The summed E-state index contributed by atoms with van der Waals surface area (Å²) in [5.41, 5.74) is 3.87. The van der Waals surface area contributed by atoms with E-state index in [0.717, 1.165) is 59.5 Å². The number of aromatic nitrogens is 1. The van der Waals surface area contributed by atoms with Gasteiger partial charge in [-0.3, -0.25) is 9.69 Å². The van der Waals surface area contributed by atoms with Gasteiger partial charge >= 0.3 is 6.18 Å². The molecular formula is C42H38BrClF3N3O4. The number of halogens is 5. The van der Waals surface area contributed by atoms with Gasteiger partial charge in [0.05, 0.1) is 23.4 Å². The second kappa shape index (κ2) is 18.0. The summed E-state index contributed by atoms with van der Waals surface area (Å²) in [6, 6.07) is 28.2. The average Bonchev–Trinajstić information content (AvgIpc) is 3.16. The van der Waals surface area contributed by atoms with Crippen LogP contribution in [0, 0.1) is 6.92 Å². The smallest absolute Gasteiger partial charge is 0.416 e. The molecule has 1 fully saturated rings. The molecular weight excluding hydrogens is 783 g/mol. The molecule has 1 aliphatic heterocycles. The SMILES string of the molecule is Cc1cc(C=CC(=O)N2CCN(Cc3ccc(CCOc4ccc(Br)cc4)cc3)CC2)cc(Cl)c1Oc1ccc(OCc2ccc(C(F)(F)F)cc2)cn1. The molecule has 12 heteroatoms. The molecule has 5 aromatic rings. The number of ether oxygens (including phenoxy) is 3. The number of carbonyl (C=O) groups is 1. The van der Waals surface area contributed by atoms with Gasteiger partial charge in [0.1, 0.15) is 18.1 Å². The van der Waals surface area contributed by atoms with Gasteiger partial charge in [0.2, 0.25) is 11.8 Å². The zero-order valence-corrected chi connectivity index (χ0v) is 31.8. The second-order valence-corrected chi connectivity index (χ2v) is 14.2. The average molecular weight is 821 g/mol. The van der Waals surface area contributed by atoms with Crippen molar-refractivity contribution in [2.75, 3.05) is 32.8 Å². The van der Waals surface area contributed by atoms with E-state index < -0.39 is 11.7 Å². The summed E-state index contributed by atoms with van der Waals surface area (Å²) in [5.74, 6) is 1.95. The summed E-state index contributed by atoms with van der Waals surface area (Å²) >= 11 is 10.0. The summed E-state index contributed by atoms with van der Waals surface area (Å²) in [6.45, 7) is 6.26. The van der Waals surface area contributed by atoms with E-state index in [0.29, 0.717) is 41.8 Å². The summed E-state index contributed by atoms with van der Waals surface area (Å²) in [7, 11) is 0. The van der Waals surface area contributed by atoms with Gasteiger partial charge in [-0.25, -0.2) is 4.98 Å². The lowest BCUT2D eigenvalue weighted by Gasteiger charge is -2.34. The Morgan fingerprint density at radius 2 is 1.52 bits per heavy atom. The highest BCUT2D eigenvalue weighted by atomic mass is 79.9. The standard InChI is InChI=1S/C42H38BrClF3N3O4/c1-29-24-33(25-38(44)41(29)54-39-16-15-37(26-48-39)53-28-32-6-9-34(10-7-32)42(45,46)47)8-17-40(51)50-21-19-49(20-22-50)27-31-4-2-30(3-5-31)18-23-52-36-13-11-35(43)12-14-36/h2-17,24-26H,18-23,27-28H2,1H3. The van der Waals surface area contributed by atoms with Crippen molar-refractivity contribution < 1.29 is 32.2 Å². The molecule has 1 aromatic heterocycles. The number of hydrogen-bond donors (Lipinski definition) is 0. The minimum atomic E-state index is -4.39. The molecule has 1 saturated heterocycles. The first-order chi connectivity index (χ1) is 26.0. The third kappa shape index (κ3) is 11.1. The lowest BCUT2D eigenvalue weighted by Crippen LogP contribution is -2.47. The second-order valence-electron chi connectivity index (χ2n) is 12.9. The number of piperazine rings is 1. The van der Waals surface area contributed by atoms with E-state index in [4.69, 9.17) is 25.8 Å². The van der Waals surface area contributed by atoms with E-state index in [2.05, 4.69) is 50.1 Å². The summed E-state index contributed by atoms with van der Waals surface area (Å²) in [6.07, 6.45) is 1.24. The number of alkyl halides is 3. The van der Waals surface area contributed by atoms with Gasteiger partial charge in [-0.2, -0.15) is 13.2 Å². The summed E-state index contributed by atoms with van der Waals surface area (Å²) < 4.78 is 56.9. The van der Waals surface area contributed by atoms with E-state index in [1.807, 2.05) is 42.2 Å². The number of pyridine rings is 1. The van der Waals surface area contributed by atoms with Crippen LogP contribution in [0.1, 0.15) is 33.4 Å². The van der Waals surface area contributed by atoms with Crippen molar-refractivity contribution in [1.82, 2.24) is 14.8 Å². The Bertz CT molecular complexity index is 2010. The quantitative estimate of drug-likeness (QED) is 0.110. The van der Waals surface area contributed by atoms with E-state index in [1.165, 1.54) is 29.5 Å². The van der Waals surface area contributed by atoms with Crippen molar-refractivity contribution in [2.24, 2.45) is 0 Å². The number of amides is 1. The molecule has 0 aliphatic carbocycles. The Morgan fingerprint density at radius 3 is 2.17 bits per heavy atom. The fourth-order valence-corrected chi connectivity index (χ4v) is 6.42. The molecule has 54 heavy (non-hydrogen) atoms. The van der Waals surface area contributed by atoms with Gasteiger partial charge in [-0.05, 0) is 95.4 Å². The molecule has 0 radical (unpaired) electrons. The van der Waals surface area contributed by atoms with Crippen molar-refractivity contribution >= 4 is 39.5 Å². The third-order valence-corrected chi connectivity index (χ3v) is 9.67.